The highest BCUT2D eigenvalue weighted by atomic mass is 16.4. The van der Waals surface area contributed by atoms with Crippen LogP contribution < -0.4 is 5.32 Å². The van der Waals surface area contributed by atoms with Crippen LogP contribution in [0.3, 0.4) is 0 Å². The second-order valence-electron chi connectivity index (χ2n) is 6.94. The van der Waals surface area contributed by atoms with Crippen LogP contribution in [0.25, 0.3) is 0 Å². The lowest BCUT2D eigenvalue weighted by molar-refractivity contribution is -0.138. The molecule has 0 bridgehead atoms. The zero-order chi connectivity index (χ0) is 15.4. The van der Waals surface area contributed by atoms with Crippen molar-refractivity contribution in [3.05, 3.63) is 0 Å². The van der Waals surface area contributed by atoms with Crippen molar-refractivity contribution in [1.29, 1.82) is 0 Å². The Kier molecular flexibility index (Phi) is 5.48. The van der Waals surface area contributed by atoms with Crippen molar-refractivity contribution in [1.82, 2.24) is 10.2 Å². The molecule has 2 rings (SSSR count). The normalized spacial score (nSPS) is 31.0. The number of carboxylic acid groups (broad SMARTS) is 1. The number of carboxylic acids is 1. The molecule has 120 valence electrons. The lowest BCUT2D eigenvalue weighted by atomic mass is 9.79. The number of aliphatic carboxylic acids is 1. The summed E-state index contributed by atoms with van der Waals surface area (Å²) in [6, 6.07) is 0.343. The SMILES string of the molecule is CC1CCC(NC(=O)N2CCC(CC(=O)O)CC2)CC1C. The number of piperidine rings is 1. The minimum Gasteiger partial charge on any atom is -0.481 e. The maximum Gasteiger partial charge on any atom is 0.317 e. The molecule has 0 aromatic rings. The van der Waals surface area contributed by atoms with E-state index in [0.29, 0.717) is 25.0 Å². The molecule has 5 nitrogen and oxygen atoms in total. The lowest BCUT2D eigenvalue weighted by Crippen LogP contribution is -2.49. The largest absolute Gasteiger partial charge is 0.481 e. The third-order valence-corrected chi connectivity index (χ3v) is 5.29. The van der Waals surface area contributed by atoms with Crippen molar-refractivity contribution < 1.29 is 14.7 Å². The van der Waals surface area contributed by atoms with Crippen molar-refractivity contribution >= 4 is 12.0 Å². The van der Waals surface area contributed by atoms with Crippen LogP contribution in [0.15, 0.2) is 0 Å². The molecule has 5 heteroatoms. The van der Waals surface area contributed by atoms with Gasteiger partial charge in [0.2, 0.25) is 0 Å². The topological polar surface area (TPSA) is 69.6 Å². The molecule has 2 fully saturated rings. The average molecular weight is 296 g/mol. The standard InChI is InChI=1S/C16H28N2O3/c1-11-3-4-14(9-12(11)2)17-16(21)18-7-5-13(6-8-18)10-15(19)20/h11-14H,3-10H2,1-2H3,(H,17,21)(H,19,20). The van der Waals surface area contributed by atoms with Gasteiger partial charge in [-0.3, -0.25) is 4.79 Å². The van der Waals surface area contributed by atoms with E-state index in [1.54, 1.807) is 0 Å². The van der Waals surface area contributed by atoms with Crippen LogP contribution in [0.2, 0.25) is 0 Å². The summed E-state index contributed by atoms with van der Waals surface area (Å²) in [5.74, 6) is 0.917. The van der Waals surface area contributed by atoms with Gasteiger partial charge in [0.05, 0.1) is 0 Å². The summed E-state index contributed by atoms with van der Waals surface area (Å²) in [5, 5.41) is 12.0. The minimum atomic E-state index is -0.733. The summed E-state index contributed by atoms with van der Waals surface area (Å²) in [5.41, 5.74) is 0. The molecule has 2 amide bonds. The molecular weight excluding hydrogens is 268 g/mol. The number of carbonyl (C=O) groups is 2. The molecule has 1 heterocycles. The van der Waals surface area contributed by atoms with Crippen LogP contribution in [0.5, 0.6) is 0 Å². The van der Waals surface area contributed by atoms with E-state index in [1.807, 2.05) is 4.90 Å². The second-order valence-corrected chi connectivity index (χ2v) is 6.94. The fourth-order valence-corrected chi connectivity index (χ4v) is 3.53. The van der Waals surface area contributed by atoms with E-state index in [1.165, 1.54) is 6.42 Å². The highest BCUT2D eigenvalue weighted by Gasteiger charge is 2.28. The number of carbonyl (C=O) groups excluding carboxylic acids is 1. The van der Waals surface area contributed by atoms with Crippen molar-refractivity contribution in [3.63, 3.8) is 0 Å². The molecule has 0 aromatic carbocycles. The molecule has 3 atom stereocenters. The van der Waals surface area contributed by atoms with E-state index >= 15 is 0 Å². The van der Waals surface area contributed by atoms with E-state index < -0.39 is 5.97 Å². The Balaban J connectivity index is 1.73. The molecule has 2 N–H and O–H groups in total. The number of hydrogen-bond donors (Lipinski definition) is 2. The Morgan fingerprint density at radius 1 is 1.10 bits per heavy atom. The van der Waals surface area contributed by atoms with Crippen LogP contribution in [0.4, 0.5) is 4.79 Å². The first-order valence-electron chi connectivity index (χ1n) is 8.23. The molecule has 1 aliphatic carbocycles. The first kappa shape index (κ1) is 16.1. The van der Waals surface area contributed by atoms with E-state index in [-0.39, 0.29) is 18.4 Å². The maximum absolute atomic E-state index is 12.3. The van der Waals surface area contributed by atoms with Gasteiger partial charge in [0.25, 0.3) is 0 Å². The number of nitrogens with one attached hydrogen (secondary N) is 1. The predicted molar refractivity (Wildman–Crippen MR) is 81.0 cm³/mol. The van der Waals surface area contributed by atoms with E-state index in [4.69, 9.17) is 5.11 Å². The Bertz CT molecular complexity index is 378. The molecule has 1 saturated carbocycles. The first-order chi connectivity index (χ1) is 9.95. The summed E-state index contributed by atoms with van der Waals surface area (Å²) in [6.07, 6.45) is 5.17. The van der Waals surface area contributed by atoms with Crippen molar-refractivity contribution in [2.24, 2.45) is 17.8 Å². The molecular formula is C16H28N2O3. The first-order valence-corrected chi connectivity index (χ1v) is 8.23. The van der Waals surface area contributed by atoms with Gasteiger partial charge in [-0.05, 0) is 49.9 Å². The van der Waals surface area contributed by atoms with Crippen LogP contribution >= 0.6 is 0 Å². The zero-order valence-electron chi connectivity index (χ0n) is 13.2. The number of likely N-dealkylation sites (tertiary alicyclic amines) is 1. The van der Waals surface area contributed by atoms with Gasteiger partial charge < -0.3 is 15.3 Å². The molecule has 1 aliphatic heterocycles. The summed E-state index contributed by atoms with van der Waals surface area (Å²) in [4.78, 5) is 24.8. The average Bonchev–Trinajstić information content (AvgIpc) is 2.43. The second kappa shape index (κ2) is 7.14. The number of amides is 2. The Morgan fingerprint density at radius 3 is 2.33 bits per heavy atom. The highest BCUT2D eigenvalue weighted by Crippen LogP contribution is 2.29. The number of nitrogens with zero attached hydrogens (tertiary/aromatic N) is 1. The minimum absolute atomic E-state index is 0.0375. The third-order valence-electron chi connectivity index (χ3n) is 5.29. The summed E-state index contributed by atoms with van der Waals surface area (Å²) < 4.78 is 0. The van der Waals surface area contributed by atoms with Crippen LogP contribution in [-0.4, -0.2) is 41.1 Å². The molecule has 1 saturated heterocycles. The Hall–Kier alpha value is -1.26. The molecule has 0 radical (unpaired) electrons. The zero-order valence-corrected chi connectivity index (χ0v) is 13.2. The molecule has 21 heavy (non-hydrogen) atoms. The van der Waals surface area contributed by atoms with Gasteiger partial charge in [0.1, 0.15) is 0 Å². The Morgan fingerprint density at radius 2 is 1.76 bits per heavy atom. The molecule has 0 spiro atoms. The smallest absolute Gasteiger partial charge is 0.317 e. The van der Waals surface area contributed by atoms with Gasteiger partial charge in [-0.1, -0.05) is 13.8 Å². The maximum atomic E-state index is 12.3. The lowest BCUT2D eigenvalue weighted by Gasteiger charge is -2.36. The summed E-state index contributed by atoms with van der Waals surface area (Å²) >= 11 is 0. The van der Waals surface area contributed by atoms with Gasteiger partial charge in [-0.2, -0.15) is 0 Å². The molecule has 2 aliphatic rings. The summed E-state index contributed by atoms with van der Waals surface area (Å²) in [6.45, 7) is 5.92. The molecule has 0 aromatic heterocycles. The number of hydrogen-bond acceptors (Lipinski definition) is 2. The fourth-order valence-electron chi connectivity index (χ4n) is 3.53. The number of rotatable bonds is 3. The van der Waals surface area contributed by atoms with Gasteiger partial charge in [-0.25, -0.2) is 4.79 Å². The van der Waals surface area contributed by atoms with Gasteiger partial charge in [0, 0.05) is 25.6 Å². The van der Waals surface area contributed by atoms with Crippen molar-refractivity contribution in [2.75, 3.05) is 13.1 Å². The highest BCUT2D eigenvalue weighted by molar-refractivity contribution is 5.74. The van der Waals surface area contributed by atoms with Gasteiger partial charge in [0.15, 0.2) is 0 Å². The van der Waals surface area contributed by atoms with Crippen LogP contribution in [0, 0.1) is 17.8 Å². The van der Waals surface area contributed by atoms with E-state index in [0.717, 1.165) is 31.6 Å². The summed E-state index contributed by atoms with van der Waals surface area (Å²) in [7, 11) is 0. The van der Waals surface area contributed by atoms with E-state index in [2.05, 4.69) is 19.2 Å². The fraction of sp³-hybridized carbons (Fsp3) is 0.875. The van der Waals surface area contributed by atoms with Gasteiger partial charge >= 0.3 is 12.0 Å². The predicted octanol–water partition coefficient (Wildman–Crippen LogP) is 2.71. The quantitative estimate of drug-likeness (QED) is 0.841. The number of urea groups is 1. The Labute approximate surface area is 127 Å². The van der Waals surface area contributed by atoms with Gasteiger partial charge in [-0.15, -0.1) is 0 Å². The van der Waals surface area contributed by atoms with Crippen molar-refractivity contribution in [2.45, 2.75) is 58.4 Å². The molecule has 3 unspecified atom stereocenters. The van der Waals surface area contributed by atoms with Crippen molar-refractivity contribution in [3.8, 4) is 0 Å². The van der Waals surface area contributed by atoms with E-state index in [9.17, 15) is 9.59 Å². The van der Waals surface area contributed by atoms with Crippen LogP contribution in [0.1, 0.15) is 52.4 Å². The third kappa shape index (κ3) is 4.61. The van der Waals surface area contributed by atoms with Crippen LogP contribution in [-0.2, 0) is 4.79 Å². The monoisotopic (exact) mass is 296 g/mol.